The average Bonchev–Trinajstić information content (AvgIpc) is 2.25. The van der Waals surface area contributed by atoms with Crippen LogP contribution in [0.25, 0.3) is 0 Å². The normalized spacial score (nSPS) is 11.9. The van der Waals surface area contributed by atoms with Crippen molar-refractivity contribution in [2.24, 2.45) is 5.92 Å². The molecule has 0 spiro atoms. The first-order valence-electron chi connectivity index (χ1n) is 5.00. The molecular formula is C12H13BrN2O. The fraction of sp³-hybridized carbons (Fsp3) is 0.333. The molecule has 1 rings (SSSR count). The van der Waals surface area contributed by atoms with Crippen LogP contribution in [-0.2, 0) is 4.79 Å². The van der Waals surface area contributed by atoms with Gasteiger partial charge < -0.3 is 5.32 Å². The molecule has 0 radical (unpaired) electrons. The molecule has 0 saturated heterocycles. The first-order valence-corrected chi connectivity index (χ1v) is 5.79. The van der Waals surface area contributed by atoms with Crippen LogP contribution in [0.4, 0.5) is 0 Å². The molecule has 1 aromatic carbocycles. The van der Waals surface area contributed by atoms with Gasteiger partial charge in [-0.2, -0.15) is 5.26 Å². The van der Waals surface area contributed by atoms with Crippen LogP contribution < -0.4 is 5.32 Å². The Morgan fingerprint density at radius 3 is 2.69 bits per heavy atom. The van der Waals surface area contributed by atoms with E-state index in [0.29, 0.717) is 0 Å². The summed E-state index contributed by atoms with van der Waals surface area (Å²) in [6, 6.07) is 8.85. The highest BCUT2D eigenvalue weighted by molar-refractivity contribution is 9.10. The molecule has 0 aliphatic rings. The quantitative estimate of drug-likeness (QED) is 0.926. The van der Waals surface area contributed by atoms with E-state index < -0.39 is 6.04 Å². The zero-order chi connectivity index (χ0) is 12.1. The summed E-state index contributed by atoms with van der Waals surface area (Å²) in [7, 11) is 0. The molecule has 1 amide bonds. The van der Waals surface area contributed by atoms with E-state index in [4.69, 9.17) is 5.26 Å². The van der Waals surface area contributed by atoms with E-state index in [-0.39, 0.29) is 11.8 Å². The molecule has 0 aliphatic carbocycles. The Bertz CT molecular complexity index is 423. The second-order valence-corrected chi connectivity index (χ2v) is 4.70. The van der Waals surface area contributed by atoms with E-state index in [9.17, 15) is 4.79 Å². The van der Waals surface area contributed by atoms with Gasteiger partial charge in [0.15, 0.2) is 0 Å². The van der Waals surface area contributed by atoms with Gasteiger partial charge in [-0.15, -0.1) is 0 Å². The van der Waals surface area contributed by atoms with Crippen LogP contribution in [-0.4, -0.2) is 5.91 Å². The minimum absolute atomic E-state index is 0.119. The largest absolute Gasteiger partial charge is 0.336 e. The maximum Gasteiger partial charge on any atom is 0.223 e. The first-order chi connectivity index (χ1) is 7.54. The Labute approximate surface area is 104 Å². The molecule has 84 valence electrons. The van der Waals surface area contributed by atoms with Gasteiger partial charge in [0.05, 0.1) is 6.07 Å². The number of halogens is 1. The first kappa shape index (κ1) is 12.7. The predicted octanol–water partition coefficient (Wildman–Crippen LogP) is 2.79. The van der Waals surface area contributed by atoms with Crippen molar-refractivity contribution in [2.75, 3.05) is 0 Å². The van der Waals surface area contributed by atoms with Crippen LogP contribution in [0.3, 0.4) is 0 Å². The monoisotopic (exact) mass is 280 g/mol. The highest BCUT2D eigenvalue weighted by atomic mass is 79.9. The topological polar surface area (TPSA) is 52.9 Å². The highest BCUT2D eigenvalue weighted by Gasteiger charge is 2.15. The molecule has 1 aromatic rings. The van der Waals surface area contributed by atoms with Gasteiger partial charge >= 0.3 is 0 Å². The number of hydrogen-bond donors (Lipinski definition) is 1. The van der Waals surface area contributed by atoms with Crippen LogP contribution >= 0.6 is 15.9 Å². The van der Waals surface area contributed by atoms with Crippen LogP contribution in [0.2, 0.25) is 0 Å². The lowest BCUT2D eigenvalue weighted by Gasteiger charge is -2.13. The summed E-state index contributed by atoms with van der Waals surface area (Å²) in [6.07, 6.45) is 0. The summed E-state index contributed by atoms with van der Waals surface area (Å²) in [6.45, 7) is 3.59. The van der Waals surface area contributed by atoms with Gasteiger partial charge in [-0.3, -0.25) is 4.79 Å². The molecule has 1 unspecified atom stereocenters. The Morgan fingerprint density at radius 2 is 2.19 bits per heavy atom. The predicted molar refractivity (Wildman–Crippen MR) is 65.5 cm³/mol. The number of nitriles is 1. The van der Waals surface area contributed by atoms with Crippen molar-refractivity contribution in [3.8, 4) is 6.07 Å². The second kappa shape index (κ2) is 5.66. The van der Waals surface area contributed by atoms with E-state index in [0.717, 1.165) is 10.0 Å². The lowest BCUT2D eigenvalue weighted by molar-refractivity contribution is -0.124. The smallest absolute Gasteiger partial charge is 0.223 e. The van der Waals surface area contributed by atoms with Crippen molar-refractivity contribution >= 4 is 21.8 Å². The molecule has 1 atom stereocenters. The average molecular weight is 281 g/mol. The molecule has 0 aliphatic heterocycles. The van der Waals surface area contributed by atoms with Gasteiger partial charge in [-0.1, -0.05) is 41.9 Å². The molecule has 0 heterocycles. The molecule has 4 heteroatoms. The lowest BCUT2D eigenvalue weighted by atomic mass is 10.1. The summed E-state index contributed by atoms with van der Waals surface area (Å²) >= 11 is 3.33. The number of amides is 1. The third-order valence-electron chi connectivity index (χ3n) is 2.12. The van der Waals surface area contributed by atoms with E-state index in [1.807, 2.05) is 24.3 Å². The summed E-state index contributed by atoms with van der Waals surface area (Å²) in [5.41, 5.74) is 0.783. The van der Waals surface area contributed by atoms with E-state index in [2.05, 4.69) is 27.3 Å². The van der Waals surface area contributed by atoms with Crippen molar-refractivity contribution < 1.29 is 4.79 Å². The lowest BCUT2D eigenvalue weighted by Crippen LogP contribution is -2.31. The number of carbonyl (C=O) groups excluding carboxylic acids is 1. The van der Waals surface area contributed by atoms with Gasteiger partial charge in [-0.05, 0) is 17.7 Å². The number of carbonyl (C=O) groups is 1. The maximum absolute atomic E-state index is 11.5. The fourth-order valence-corrected chi connectivity index (χ4v) is 1.60. The second-order valence-electron chi connectivity index (χ2n) is 3.78. The number of rotatable bonds is 3. The van der Waals surface area contributed by atoms with Crippen LogP contribution in [0, 0.1) is 17.2 Å². The van der Waals surface area contributed by atoms with Crippen LogP contribution in [0.1, 0.15) is 25.5 Å². The van der Waals surface area contributed by atoms with Crippen LogP contribution in [0.5, 0.6) is 0 Å². The van der Waals surface area contributed by atoms with Gasteiger partial charge in [-0.25, -0.2) is 0 Å². The standard InChI is InChI=1S/C12H13BrN2O/c1-8(2)12(16)15-11(7-14)9-4-3-5-10(13)6-9/h3-6,8,11H,1-2H3,(H,15,16). The van der Waals surface area contributed by atoms with E-state index in [1.165, 1.54) is 0 Å². The van der Waals surface area contributed by atoms with Gasteiger partial charge in [0, 0.05) is 10.4 Å². The molecule has 0 saturated carbocycles. The number of benzene rings is 1. The fourth-order valence-electron chi connectivity index (χ4n) is 1.19. The number of nitrogens with one attached hydrogen (secondary N) is 1. The summed E-state index contributed by atoms with van der Waals surface area (Å²) in [4.78, 5) is 11.5. The Kier molecular flexibility index (Phi) is 4.51. The molecule has 3 nitrogen and oxygen atoms in total. The van der Waals surface area contributed by atoms with Crippen molar-refractivity contribution in [3.63, 3.8) is 0 Å². The molecule has 1 N–H and O–H groups in total. The Hall–Kier alpha value is -1.34. The third-order valence-corrected chi connectivity index (χ3v) is 2.62. The SMILES string of the molecule is CC(C)C(=O)NC(C#N)c1cccc(Br)c1. The van der Waals surface area contributed by atoms with Crippen molar-refractivity contribution in [2.45, 2.75) is 19.9 Å². The molecule has 0 bridgehead atoms. The van der Waals surface area contributed by atoms with Crippen molar-refractivity contribution in [1.82, 2.24) is 5.32 Å². The molecule has 16 heavy (non-hydrogen) atoms. The zero-order valence-electron chi connectivity index (χ0n) is 9.20. The van der Waals surface area contributed by atoms with Crippen molar-refractivity contribution in [1.29, 1.82) is 5.26 Å². The Morgan fingerprint density at radius 1 is 1.50 bits per heavy atom. The van der Waals surface area contributed by atoms with Crippen LogP contribution in [0.15, 0.2) is 28.7 Å². The third kappa shape index (κ3) is 3.35. The minimum Gasteiger partial charge on any atom is -0.336 e. The van der Waals surface area contributed by atoms with E-state index >= 15 is 0 Å². The minimum atomic E-state index is -0.590. The van der Waals surface area contributed by atoms with E-state index in [1.54, 1.807) is 13.8 Å². The summed E-state index contributed by atoms with van der Waals surface area (Å²) in [5.74, 6) is -0.241. The maximum atomic E-state index is 11.5. The van der Waals surface area contributed by atoms with Gasteiger partial charge in [0.2, 0.25) is 5.91 Å². The number of nitrogens with zero attached hydrogens (tertiary/aromatic N) is 1. The summed E-state index contributed by atoms with van der Waals surface area (Å²) < 4.78 is 0.893. The molecule has 0 aromatic heterocycles. The van der Waals surface area contributed by atoms with Gasteiger partial charge in [0.25, 0.3) is 0 Å². The Balaban J connectivity index is 2.84. The molecular weight excluding hydrogens is 268 g/mol. The highest BCUT2D eigenvalue weighted by Crippen LogP contribution is 2.18. The van der Waals surface area contributed by atoms with Crippen molar-refractivity contribution in [3.05, 3.63) is 34.3 Å². The molecule has 0 fully saturated rings. The zero-order valence-corrected chi connectivity index (χ0v) is 10.8. The van der Waals surface area contributed by atoms with Gasteiger partial charge in [0.1, 0.15) is 6.04 Å². The number of hydrogen-bond acceptors (Lipinski definition) is 2. The summed E-state index contributed by atoms with van der Waals surface area (Å²) in [5, 5.41) is 11.7.